The van der Waals surface area contributed by atoms with Gasteiger partial charge in [-0.25, -0.2) is 0 Å². The minimum atomic E-state index is 0.115. The zero-order valence-corrected chi connectivity index (χ0v) is 13.1. The molecule has 2 rings (SSSR count). The number of phenolic OH excluding ortho intramolecular Hbond substituents is 1. The van der Waals surface area contributed by atoms with E-state index in [0.29, 0.717) is 45.1 Å². The van der Waals surface area contributed by atoms with Crippen molar-refractivity contribution in [3.05, 3.63) is 28.8 Å². The number of likely N-dealkylation sites (N-methyl/N-ethyl adjacent to an activating group) is 1. The van der Waals surface area contributed by atoms with E-state index in [-0.39, 0.29) is 5.91 Å². The highest BCUT2D eigenvalue weighted by Crippen LogP contribution is 2.22. The average Bonchev–Trinajstić information content (AvgIpc) is 2.45. The number of nitrogens with zero attached hydrogens (tertiary/aromatic N) is 2. The maximum absolute atomic E-state index is 12.2. The van der Waals surface area contributed by atoms with Gasteiger partial charge in [0.1, 0.15) is 5.75 Å². The van der Waals surface area contributed by atoms with Crippen LogP contribution >= 0.6 is 0 Å². The third-order valence-electron chi connectivity index (χ3n) is 3.90. The highest BCUT2D eigenvalue weighted by atomic mass is 16.5. The second kappa shape index (κ2) is 6.91. The lowest BCUT2D eigenvalue weighted by atomic mass is 10.0. The van der Waals surface area contributed by atoms with Crippen LogP contribution in [0.15, 0.2) is 12.1 Å². The Hall–Kier alpha value is -1.59. The molecule has 0 aromatic heterocycles. The standard InChI is InChI=1S/C16H24N2O3/c1-12-8-14(15(19)9-13(12)2)10-17(3)11-16(20)18-4-6-21-7-5-18/h8-9,19H,4-7,10-11H2,1-3H3. The highest BCUT2D eigenvalue weighted by molar-refractivity contribution is 5.78. The molecule has 0 atom stereocenters. The molecule has 1 amide bonds. The molecule has 1 saturated heterocycles. The maximum atomic E-state index is 12.2. The van der Waals surface area contributed by atoms with Crippen LogP contribution in [0, 0.1) is 13.8 Å². The molecule has 0 spiro atoms. The van der Waals surface area contributed by atoms with Crippen molar-refractivity contribution in [3.8, 4) is 5.75 Å². The summed E-state index contributed by atoms with van der Waals surface area (Å²) in [6.45, 7) is 7.49. The lowest BCUT2D eigenvalue weighted by molar-refractivity contribution is -0.136. The fraction of sp³-hybridized carbons (Fsp3) is 0.562. The number of ether oxygens (including phenoxy) is 1. The van der Waals surface area contributed by atoms with Crippen LogP contribution in [0.25, 0.3) is 0 Å². The summed E-state index contributed by atoms with van der Waals surface area (Å²) < 4.78 is 5.25. The van der Waals surface area contributed by atoms with Gasteiger partial charge in [-0.15, -0.1) is 0 Å². The molecule has 1 aromatic rings. The number of aromatic hydroxyl groups is 1. The summed E-state index contributed by atoms with van der Waals surface area (Å²) >= 11 is 0. The lowest BCUT2D eigenvalue weighted by Crippen LogP contribution is -2.44. The zero-order chi connectivity index (χ0) is 15.4. The second-order valence-corrected chi connectivity index (χ2v) is 5.73. The van der Waals surface area contributed by atoms with Gasteiger partial charge in [0.15, 0.2) is 0 Å². The number of rotatable bonds is 4. The Morgan fingerprint density at radius 1 is 1.29 bits per heavy atom. The number of amides is 1. The third kappa shape index (κ3) is 4.19. The Bertz CT molecular complexity index is 510. The van der Waals surface area contributed by atoms with Crippen LogP contribution in [0.5, 0.6) is 5.75 Å². The molecule has 5 nitrogen and oxygen atoms in total. The first-order valence-electron chi connectivity index (χ1n) is 7.30. The molecule has 1 fully saturated rings. The van der Waals surface area contributed by atoms with Crippen LogP contribution < -0.4 is 0 Å². The van der Waals surface area contributed by atoms with E-state index < -0.39 is 0 Å². The van der Waals surface area contributed by atoms with Crippen LogP contribution in [0.2, 0.25) is 0 Å². The van der Waals surface area contributed by atoms with Crippen molar-refractivity contribution in [1.82, 2.24) is 9.80 Å². The molecule has 1 aliphatic heterocycles. The van der Waals surface area contributed by atoms with Crippen molar-refractivity contribution in [1.29, 1.82) is 0 Å². The monoisotopic (exact) mass is 292 g/mol. The van der Waals surface area contributed by atoms with Crippen LogP contribution in [0.4, 0.5) is 0 Å². The van der Waals surface area contributed by atoms with E-state index in [9.17, 15) is 9.90 Å². The summed E-state index contributed by atoms with van der Waals surface area (Å²) in [5.41, 5.74) is 3.08. The van der Waals surface area contributed by atoms with Crippen molar-refractivity contribution in [2.75, 3.05) is 39.9 Å². The molecule has 21 heavy (non-hydrogen) atoms. The Balaban J connectivity index is 1.93. The first-order chi connectivity index (χ1) is 9.97. The van der Waals surface area contributed by atoms with Crippen molar-refractivity contribution < 1.29 is 14.6 Å². The van der Waals surface area contributed by atoms with E-state index in [2.05, 4.69) is 0 Å². The minimum Gasteiger partial charge on any atom is -0.508 e. The van der Waals surface area contributed by atoms with E-state index in [1.54, 1.807) is 6.07 Å². The van der Waals surface area contributed by atoms with E-state index >= 15 is 0 Å². The quantitative estimate of drug-likeness (QED) is 0.909. The summed E-state index contributed by atoms with van der Waals surface area (Å²) in [7, 11) is 1.90. The summed E-state index contributed by atoms with van der Waals surface area (Å²) in [4.78, 5) is 15.9. The zero-order valence-electron chi connectivity index (χ0n) is 13.1. The molecule has 0 unspecified atom stereocenters. The van der Waals surface area contributed by atoms with Gasteiger partial charge in [0, 0.05) is 25.2 Å². The van der Waals surface area contributed by atoms with Gasteiger partial charge in [-0.05, 0) is 38.1 Å². The first-order valence-corrected chi connectivity index (χ1v) is 7.30. The van der Waals surface area contributed by atoms with Gasteiger partial charge >= 0.3 is 0 Å². The summed E-state index contributed by atoms with van der Waals surface area (Å²) in [5, 5.41) is 10.0. The summed E-state index contributed by atoms with van der Waals surface area (Å²) in [6.07, 6.45) is 0. The molecule has 1 N–H and O–H groups in total. The maximum Gasteiger partial charge on any atom is 0.236 e. The minimum absolute atomic E-state index is 0.115. The lowest BCUT2D eigenvalue weighted by Gasteiger charge is -2.28. The van der Waals surface area contributed by atoms with E-state index in [4.69, 9.17) is 4.74 Å². The van der Waals surface area contributed by atoms with Crippen molar-refractivity contribution in [2.24, 2.45) is 0 Å². The number of phenols is 1. The largest absolute Gasteiger partial charge is 0.508 e. The Morgan fingerprint density at radius 2 is 1.90 bits per heavy atom. The fourth-order valence-corrected chi connectivity index (χ4v) is 2.48. The van der Waals surface area contributed by atoms with Crippen molar-refractivity contribution in [3.63, 3.8) is 0 Å². The predicted molar refractivity (Wildman–Crippen MR) is 81.3 cm³/mol. The third-order valence-corrected chi connectivity index (χ3v) is 3.90. The predicted octanol–water partition coefficient (Wildman–Crippen LogP) is 1.30. The number of benzene rings is 1. The Morgan fingerprint density at radius 3 is 2.57 bits per heavy atom. The molecule has 0 radical (unpaired) electrons. The summed E-state index contributed by atoms with van der Waals surface area (Å²) in [6, 6.07) is 3.77. The first kappa shape index (κ1) is 15.8. The van der Waals surface area contributed by atoms with Gasteiger partial charge in [0.2, 0.25) is 5.91 Å². The number of hydrogen-bond acceptors (Lipinski definition) is 4. The molecular weight excluding hydrogens is 268 g/mol. The molecule has 1 aliphatic rings. The number of aryl methyl sites for hydroxylation is 2. The molecule has 1 aromatic carbocycles. The normalized spacial score (nSPS) is 15.5. The SMILES string of the molecule is Cc1cc(O)c(CN(C)CC(=O)N2CCOCC2)cc1C. The Labute approximate surface area is 126 Å². The van der Waals surface area contributed by atoms with E-state index in [1.165, 1.54) is 0 Å². The highest BCUT2D eigenvalue weighted by Gasteiger charge is 2.18. The second-order valence-electron chi connectivity index (χ2n) is 5.73. The van der Waals surface area contributed by atoms with Gasteiger partial charge in [-0.2, -0.15) is 0 Å². The van der Waals surface area contributed by atoms with Gasteiger partial charge in [0.25, 0.3) is 0 Å². The molecule has 0 aliphatic carbocycles. The molecule has 5 heteroatoms. The molecule has 116 valence electrons. The number of carbonyl (C=O) groups is 1. The van der Waals surface area contributed by atoms with Crippen LogP contribution in [0.1, 0.15) is 16.7 Å². The van der Waals surface area contributed by atoms with Crippen molar-refractivity contribution in [2.45, 2.75) is 20.4 Å². The van der Waals surface area contributed by atoms with E-state index in [0.717, 1.165) is 16.7 Å². The Kier molecular flexibility index (Phi) is 5.20. The molecule has 0 bridgehead atoms. The molecule has 1 heterocycles. The van der Waals surface area contributed by atoms with Crippen LogP contribution in [0.3, 0.4) is 0 Å². The van der Waals surface area contributed by atoms with Crippen LogP contribution in [-0.4, -0.2) is 60.7 Å². The van der Waals surface area contributed by atoms with Gasteiger partial charge < -0.3 is 14.7 Å². The van der Waals surface area contributed by atoms with Crippen molar-refractivity contribution >= 4 is 5.91 Å². The number of carbonyl (C=O) groups excluding carboxylic acids is 1. The smallest absolute Gasteiger partial charge is 0.236 e. The fourth-order valence-electron chi connectivity index (χ4n) is 2.48. The average molecular weight is 292 g/mol. The molecule has 0 saturated carbocycles. The van der Waals surface area contributed by atoms with Gasteiger partial charge in [0.05, 0.1) is 19.8 Å². The van der Waals surface area contributed by atoms with Gasteiger partial charge in [-0.3, -0.25) is 9.69 Å². The van der Waals surface area contributed by atoms with Crippen LogP contribution in [-0.2, 0) is 16.1 Å². The number of hydrogen-bond donors (Lipinski definition) is 1. The summed E-state index contributed by atoms with van der Waals surface area (Å²) in [5.74, 6) is 0.410. The van der Waals surface area contributed by atoms with E-state index in [1.807, 2.05) is 36.8 Å². The number of morpholine rings is 1. The topological polar surface area (TPSA) is 53.0 Å². The molecular formula is C16H24N2O3. The van der Waals surface area contributed by atoms with Gasteiger partial charge in [-0.1, -0.05) is 6.07 Å².